The van der Waals surface area contributed by atoms with Crippen molar-refractivity contribution in [2.24, 2.45) is 0 Å². The summed E-state index contributed by atoms with van der Waals surface area (Å²) in [4.78, 5) is 31.2. The highest BCUT2D eigenvalue weighted by Gasteiger charge is 2.29. The van der Waals surface area contributed by atoms with Gasteiger partial charge in [-0.05, 0) is 43.7 Å². The number of rotatable bonds is 3. The van der Waals surface area contributed by atoms with Crippen molar-refractivity contribution in [2.75, 3.05) is 42.5 Å². The monoisotopic (exact) mass is 378 g/mol. The first-order valence-corrected chi connectivity index (χ1v) is 9.90. The van der Waals surface area contributed by atoms with Gasteiger partial charge in [-0.2, -0.15) is 0 Å². The van der Waals surface area contributed by atoms with Crippen LogP contribution < -0.4 is 15.1 Å². The van der Waals surface area contributed by atoms with Crippen molar-refractivity contribution in [1.82, 2.24) is 10.2 Å². The molecule has 2 fully saturated rings. The molecule has 0 spiro atoms. The summed E-state index contributed by atoms with van der Waals surface area (Å²) in [5.74, 6) is 0.0273. The van der Waals surface area contributed by atoms with Crippen LogP contribution >= 0.6 is 0 Å². The molecule has 2 aliphatic heterocycles. The number of amides is 3. The number of carbonyl (C=O) groups is 2. The summed E-state index contributed by atoms with van der Waals surface area (Å²) in [5.41, 5.74) is 2.61. The normalized spacial score (nSPS) is 20.1. The fraction of sp³-hybridized carbons (Fsp3) is 0.364. The molecule has 2 aromatic rings. The highest BCUT2D eigenvalue weighted by molar-refractivity contribution is 5.98. The molecule has 28 heavy (non-hydrogen) atoms. The van der Waals surface area contributed by atoms with Crippen LogP contribution in [0.15, 0.2) is 54.6 Å². The zero-order valence-corrected chi connectivity index (χ0v) is 16.2. The van der Waals surface area contributed by atoms with Gasteiger partial charge in [-0.25, -0.2) is 4.79 Å². The van der Waals surface area contributed by atoms with Crippen LogP contribution in [0.25, 0.3) is 0 Å². The second-order valence-electron chi connectivity index (χ2n) is 7.42. The van der Waals surface area contributed by atoms with E-state index in [1.165, 1.54) is 5.69 Å². The Kier molecular flexibility index (Phi) is 5.19. The molecule has 1 unspecified atom stereocenters. The Balaban J connectivity index is 1.47. The highest BCUT2D eigenvalue weighted by Crippen LogP contribution is 2.23. The first-order chi connectivity index (χ1) is 13.6. The fourth-order valence-corrected chi connectivity index (χ4v) is 3.98. The lowest BCUT2D eigenvalue weighted by molar-refractivity contribution is 0.0674. The molecule has 6 nitrogen and oxygen atoms in total. The van der Waals surface area contributed by atoms with E-state index in [4.69, 9.17) is 0 Å². The lowest BCUT2D eigenvalue weighted by Crippen LogP contribution is -2.54. The second kappa shape index (κ2) is 7.92. The summed E-state index contributed by atoms with van der Waals surface area (Å²) < 4.78 is 0. The minimum atomic E-state index is -0.0966. The number of anilines is 2. The van der Waals surface area contributed by atoms with Gasteiger partial charge < -0.3 is 15.1 Å². The minimum Gasteiger partial charge on any atom is -0.368 e. The molecule has 146 valence electrons. The Bertz CT molecular complexity index is 855. The van der Waals surface area contributed by atoms with Crippen molar-refractivity contribution < 1.29 is 9.59 Å². The maximum atomic E-state index is 13.2. The van der Waals surface area contributed by atoms with Crippen LogP contribution in [0, 0.1) is 0 Å². The SMILES string of the molecule is CC1CN(c2ccccc2)CCN1C(=O)c1cccc(N2CCCNC2=O)c1. The Labute approximate surface area is 165 Å². The van der Waals surface area contributed by atoms with Gasteiger partial charge in [-0.15, -0.1) is 0 Å². The van der Waals surface area contributed by atoms with Gasteiger partial charge in [-0.1, -0.05) is 24.3 Å². The van der Waals surface area contributed by atoms with Gasteiger partial charge in [0.15, 0.2) is 0 Å². The van der Waals surface area contributed by atoms with Gasteiger partial charge >= 0.3 is 6.03 Å². The number of para-hydroxylation sites is 1. The minimum absolute atomic E-state index is 0.0273. The standard InChI is InChI=1S/C22H26N4O2/c1-17-16-24(19-8-3-2-4-9-19)13-14-25(17)21(27)18-7-5-10-20(15-18)26-12-6-11-23-22(26)28/h2-5,7-10,15,17H,6,11-14,16H2,1H3,(H,23,28). The molecule has 6 heteroatoms. The Morgan fingerprint density at radius 1 is 1.00 bits per heavy atom. The third-order valence-electron chi connectivity index (χ3n) is 5.49. The molecule has 2 aromatic carbocycles. The number of nitrogens with one attached hydrogen (secondary N) is 1. The Morgan fingerprint density at radius 2 is 1.79 bits per heavy atom. The molecule has 1 atom stereocenters. The number of hydrogen-bond donors (Lipinski definition) is 1. The van der Waals surface area contributed by atoms with Crippen molar-refractivity contribution in [2.45, 2.75) is 19.4 Å². The molecule has 1 N–H and O–H groups in total. The average molecular weight is 378 g/mol. The molecular formula is C22H26N4O2. The van der Waals surface area contributed by atoms with E-state index in [0.29, 0.717) is 25.2 Å². The van der Waals surface area contributed by atoms with Crippen molar-refractivity contribution in [3.05, 3.63) is 60.2 Å². The summed E-state index contributed by atoms with van der Waals surface area (Å²) in [6.45, 7) is 5.78. The number of hydrogen-bond acceptors (Lipinski definition) is 3. The zero-order chi connectivity index (χ0) is 19.5. The van der Waals surface area contributed by atoms with Gasteiger partial charge in [0, 0.05) is 55.7 Å². The topological polar surface area (TPSA) is 55.9 Å². The van der Waals surface area contributed by atoms with Crippen LogP contribution in [0.4, 0.5) is 16.2 Å². The summed E-state index contributed by atoms with van der Waals surface area (Å²) >= 11 is 0. The van der Waals surface area contributed by atoms with E-state index < -0.39 is 0 Å². The quantitative estimate of drug-likeness (QED) is 0.893. The predicted molar refractivity (Wildman–Crippen MR) is 111 cm³/mol. The maximum Gasteiger partial charge on any atom is 0.321 e. The summed E-state index contributed by atoms with van der Waals surface area (Å²) in [5, 5.41) is 2.86. The van der Waals surface area contributed by atoms with E-state index >= 15 is 0 Å². The van der Waals surface area contributed by atoms with E-state index in [2.05, 4.69) is 29.3 Å². The van der Waals surface area contributed by atoms with Gasteiger partial charge in [0.2, 0.25) is 0 Å². The summed E-state index contributed by atoms with van der Waals surface area (Å²) in [6, 6.07) is 17.8. The molecule has 0 bridgehead atoms. The van der Waals surface area contributed by atoms with Crippen molar-refractivity contribution >= 4 is 23.3 Å². The van der Waals surface area contributed by atoms with Crippen LogP contribution in [0.1, 0.15) is 23.7 Å². The maximum absolute atomic E-state index is 13.2. The molecule has 0 aliphatic carbocycles. The van der Waals surface area contributed by atoms with Gasteiger partial charge in [0.05, 0.1) is 0 Å². The third kappa shape index (κ3) is 3.67. The molecule has 2 aliphatic rings. The smallest absolute Gasteiger partial charge is 0.321 e. The van der Waals surface area contributed by atoms with Crippen LogP contribution in [0.2, 0.25) is 0 Å². The van der Waals surface area contributed by atoms with E-state index in [0.717, 1.165) is 25.2 Å². The van der Waals surface area contributed by atoms with Crippen molar-refractivity contribution in [3.63, 3.8) is 0 Å². The van der Waals surface area contributed by atoms with Crippen LogP contribution in [-0.4, -0.2) is 55.6 Å². The highest BCUT2D eigenvalue weighted by atomic mass is 16.2. The molecule has 0 aromatic heterocycles. The molecule has 2 heterocycles. The van der Waals surface area contributed by atoms with Crippen LogP contribution in [0.5, 0.6) is 0 Å². The largest absolute Gasteiger partial charge is 0.368 e. The lowest BCUT2D eigenvalue weighted by Gasteiger charge is -2.41. The molecule has 4 rings (SSSR count). The lowest BCUT2D eigenvalue weighted by atomic mass is 10.1. The van der Waals surface area contributed by atoms with Gasteiger partial charge in [-0.3, -0.25) is 9.69 Å². The number of urea groups is 1. The zero-order valence-electron chi connectivity index (χ0n) is 16.2. The fourth-order valence-electron chi connectivity index (χ4n) is 3.98. The predicted octanol–water partition coefficient (Wildman–Crippen LogP) is 2.96. The molecule has 3 amide bonds. The summed E-state index contributed by atoms with van der Waals surface area (Å²) in [6.07, 6.45) is 0.905. The number of nitrogens with zero attached hydrogens (tertiary/aromatic N) is 3. The number of piperazine rings is 1. The molecular weight excluding hydrogens is 352 g/mol. The first kappa shape index (κ1) is 18.3. The average Bonchev–Trinajstić information content (AvgIpc) is 2.74. The van der Waals surface area contributed by atoms with Gasteiger partial charge in [0.25, 0.3) is 5.91 Å². The van der Waals surface area contributed by atoms with E-state index in [9.17, 15) is 9.59 Å². The molecule has 0 radical (unpaired) electrons. The Hall–Kier alpha value is -3.02. The van der Waals surface area contributed by atoms with Crippen molar-refractivity contribution in [1.29, 1.82) is 0 Å². The number of benzene rings is 2. The van der Waals surface area contributed by atoms with E-state index in [1.54, 1.807) is 4.90 Å². The van der Waals surface area contributed by atoms with Gasteiger partial charge in [0.1, 0.15) is 0 Å². The van der Waals surface area contributed by atoms with E-state index in [1.807, 2.05) is 47.4 Å². The van der Waals surface area contributed by atoms with Crippen molar-refractivity contribution in [3.8, 4) is 0 Å². The number of carbonyl (C=O) groups excluding carboxylic acids is 2. The first-order valence-electron chi connectivity index (χ1n) is 9.90. The second-order valence-corrected chi connectivity index (χ2v) is 7.42. The summed E-state index contributed by atoms with van der Waals surface area (Å²) in [7, 11) is 0. The Morgan fingerprint density at radius 3 is 2.54 bits per heavy atom. The van der Waals surface area contributed by atoms with E-state index in [-0.39, 0.29) is 18.0 Å². The third-order valence-corrected chi connectivity index (χ3v) is 5.49. The molecule has 0 saturated carbocycles. The molecule has 2 saturated heterocycles. The van der Waals surface area contributed by atoms with Crippen LogP contribution in [-0.2, 0) is 0 Å². The van der Waals surface area contributed by atoms with Crippen LogP contribution in [0.3, 0.4) is 0 Å².